The first-order valence-electron chi connectivity index (χ1n) is 7.54. The Bertz CT molecular complexity index is 613. The first-order valence-corrected chi connectivity index (χ1v) is 7.54. The quantitative estimate of drug-likeness (QED) is 0.888. The Hall–Kier alpha value is -2.05. The summed E-state index contributed by atoms with van der Waals surface area (Å²) in [6.07, 6.45) is 2.59. The maximum atomic E-state index is 10.6. The van der Waals surface area contributed by atoms with Gasteiger partial charge in [-0.2, -0.15) is 0 Å². The molecule has 0 bridgehead atoms. The third kappa shape index (κ3) is 5.05. The topological polar surface area (TPSA) is 87.9 Å². The summed E-state index contributed by atoms with van der Waals surface area (Å²) in [6, 6.07) is 10.7. The highest BCUT2D eigenvalue weighted by Gasteiger charge is 2.17. The Morgan fingerprint density at radius 2 is 2.14 bits per heavy atom. The zero-order chi connectivity index (χ0) is 15.8. The van der Waals surface area contributed by atoms with Crippen molar-refractivity contribution in [2.75, 3.05) is 13.1 Å². The molecule has 0 spiro atoms. The lowest BCUT2D eigenvalue weighted by molar-refractivity contribution is 0.320. The van der Waals surface area contributed by atoms with Crippen LogP contribution in [0.1, 0.15) is 24.6 Å². The van der Waals surface area contributed by atoms with E-state index in [0.717, 1.165) is 12.5 Å². The molecule has 2 heterocycles. The fourth-order valence-electron chi connectivity index (χ4n) is 2.46. The lowest BCUT2D eigenvalue weighted by Gasteiger charge is -2.14. The molecule has 1 atom stereocenters. The highest BCUT2D eigenvalue weighted by atomic mass is 16.1. The molecule has 1 aliphatic heterocycles. The second-order valence-electron chi connectivity index (χ2n) is 5.58. The van der Waals surface area contributed by atoms with Crippen LogP contribution in [0.25, 0.3) is 0 Å². The highest BCUT2D eigenvalue weighted by Crippen LogP contribution is 2.17. The predicted octanol–water partition coefficient (Wildman–Crippen LogP) is 1.15. The summed E-state index contributed by atoms with van der Waals surface area (Å²) in [5.41, 5.74) is 6.56. The van der Waals surface area contributed by atoms with E-state index in [-0.39, 0.29) is 17.8 Å². The van der Waals surface area contributed by atoms with E-state index in [0.29, 0.717) is 0 Å². The molecule has 6 nitrogen and oxygen atoms in total. The smallest absolute Gasteiger partial charge is 0.274 e. The fourth-order valence-corrected chi connectivity index (χ4v) is 2.46. The molecule has 118 valence electrons. The lowest BCUT2D eigenvalue weighted by atomic mass is 10.2. The zero-order valence-corrected chi connectivity index (χ0v) is 12.9. The second kappa shape index (κ2) is 8.41. The largest absolute Gasteiger partial charge is 0.325 e. The summed E-state index contributed by atoms with van der Waals surface area (Å²) < 4.78 is 0. The van der Waals surface area contributed by atoms with Crippen molar-refractivity contribution in [1.29, 1.82) is 0 Å². The number of likely N-dealkylation sites (tertiary alicyclic amines) is 1. The van der Waals surface area contributed by atoms with Crippen molar-refractivity contribution in [1.82, 2.24) is 20.1 Å². The van der Waals surface area contributed by atoms with Crippen molar-refractivity contribution >= 4 is 0 Å². The summed E-state index contributed by atoms with van der Waals surface area (Å²) in [5.74, 6) is 0.892. The summed E-state index contributed by atoms with van der Waals surface area (Å²) in [6.45, 7) is 6.14. The zero-order valence-electron chi connectivity index (χ0n) is 12.9. The minimum atomic E-state index is -0.271. The Morgan fingerprint density at radius 3 is 2.68 bits per heavy atom. The molecule has 1 aromatic carbocycles. The number of nitrogens with two attached hydrogens (primary N) is 1. The SMILES string of the molecule is C[C@H]1CCN(Cc2ccccc2)C1.NCc1nnc[nH]c1=O. The van der Waals surface area contributed by atoms with Crippen LogP contribution in [0.4, 0.5) is 0 Å². The first-order chi connectivity index (χ1) is 10.7. The molecular formula is C16H23N5O. The van der Waals surface area contributed by atoms with Gasteiger partial charge in [0.25, 0.3) is 5.56 Å². The fraction of sp³-hybridized carbons (Fsp3) is 0.438. The van der Waals surface area contributed by atoms with Crippen LogP contribution in [0.2, 0.25) is 0 Å². The molecular weight excluding hydrogens is 278 g/mol. The molecule has 0 radical (unpaired) electrons. The summed E-state index contributed by atoms with van der Waals surface area (Å²) in [7, 11) is 0. The van der Waals surface area contributed by atoms with Crippen molar-refractivity contribution in [3.8, 4) is 0 Å². The van der Waals surface area contributed by atoms with Gasteiger partial charge in [0, 0.05) is 19.6 Å². The molecule has 0 unspecified atom stereocenters. The molecule has 2 aromatic rings. The van der Waals surface area contributed by atoms with Gasteiger partial charge in [-0.15, -0.1) is 10.2 Å². The van der Waals surface area contributed by atoms with E-state index in [1.54, 1.807) is 0 Å². The van der Waals surface area contributed by atoms with Crippen LogP contribution in [-0.2, 0) is 13.1 Å². The normalized spacial score (nSPS) is 17.8. The van der Waals surface area contributed by atoms with Crippen molar-refractivity contribution in [2.45, 2.75) is 26.4 Å². The molecule has 22 heavy (non-hydrogen) atoms. The van der Waals surface area contributed by atoms with Gasteiger partial charge in [-0.25, -0.2) is 0 Å². The standard InChI is InChI=1S/C12H17N.C4H6N4O/c1-11-7-8-13(9-11)10-12-5-3-2-4-6-12;5-1-3-4(9)6-2-7-8-3/h2-6,11H,7-10H2,1H3;2H,1,5H2,(H,6,7,9)/t11-;/m0./s1. The number of hydrogen-bond donors (Lipinski definition) is 2. The molecule has 3 rings (SSSR count). The Kier molecular flexibility index (Phi) is 6.24. The first kappa shape index (κ1) is 16.3. The van der Waals surface area contributed by atoms with Crippen LogP contribution in [0.15, 0.2) is 41.5 Å². The second-order valence-corrected chi connectivity index (χ2v) is 5.58. The van der Waals surface area contributed by atoms with Crippen molar-refractivity contribution in [3.05, 3.63) is 58.3 Å². The maximum Gasteiger partial charge on any atom is 0.274 e. The minimum absolute atomic E-state index is 0.128. The summed E-state index contributed by atoms with van der Waals surface area (Å²) in [4.78, 5) is 15.5. The number of rotatable bonds is 3. The van der Waals surface area contributed by atoms with Gasteiger partial charge < -0.3 is 10.7 Å². The van der Waals surface area contributed by atoms with Gasteiger partial charge in [0.15, 0.2) is 0 Å². The highest BCUT2D eigenvalue weighted by molar-refractivity contribution is 5.14. The van der Waals surface area contributed by atoms with Crippen LogP contribution in [0, 0.1) is 5.92 Å². The minimum Gasteiger partial charge on any atom is -0.325 e. The number of nitrogens with zero attached hydrogens (tertiary/aromatic N) is 3. The van der Waals surface area contributed by atoms with E-state index < -0.39 is 0 Å². The summed E-state index contributed by atoms with van der Waals surface area (Å²) >= 11 is 0. The number of hydrogen-bond acceptors (Lipinski definition) is 5. The van der Waals surface area contributed by atoms with Gasteiger partial charge in [0.2, 0.25) is 0 Å². The number of H-pyrrole nitrogens is 1. The van der Waals surface area contributed by atoms with E-state index in [9.17, 15) is 4.79 Å². The molecule has 1 saturated heterocycles. The van der Waals surface area contributed by atoms with Crippen LogP contribution in [-0.4, -0.2) is 33.2 Å². The number of aromatic nitrogens is 3. The molecule has 0 aliphatic carbocycles. The number of aromatic amines is 1. The van der Waals surface area contributed by atoms with Crippen LogP contribution in [0.5, 0.6) is 0 Å². The molecule has 1 aliphatic rings. The van der Waals surface area contributed by atoms with Crippen molar-refractivity contribution < 1.29 is 0 Å². The lowest BCUT2D eigenvalue weighted by Crippen LogP contribution is -2.19. The Balaban J connectivity index is 0.000000172. The Labute approximate surface area is 130 Å². The van der Waals surface area contributed by atoms with Crippen LogP contribution >= 0.6 is 0 Å². The van der Waals surface area contributed by atoms with Gasteiger partial charge in [0.1, 0.15) is 12.0 Å². The number of benzene rings is 1. The van der Waals surface area contributed by atoms with Crippen LogP contribution < -0.4 is 11.3 Å². The van der Waals surface area contributed by atoms with Gasteiger partial charge in [-0.3, -0.25) is 9.69 Å². The van der Waals surface area contributed by atoms with Crippen LogP contribution in [0.3, 0.4) is 0 Å². The van der Waals surface area contributed by atoms with E-state index in [4.69, 9.17) is 5.73 Å². The average Bonchev–Trinajstić information content (AvgIpc) is 2.94. The molecule has 1 aromatic heterocycles. The Morgan fingerprint density at radius 1 is 1.36 bits per heavy atom. The molecule has 1 fully saturated rings. The van der Waals surface area contributed by atoms with Gasteiger partial charge in [-0.1, -0.05) is 37.3 Å². The molecule has 3 N–H and O–H groups in total. The van der Waals surface area contributed by atoms with E-state index in [1.807, 2.05) is 0 Å². The van der Waals surface area contributed by atoms with E-state index in [2.05, 4.69) is 57.3 Å². The molecule has 0 saturated carbocycles. The van der Waals surface area contributed by atoms with E-state index in [1.165, 1.54) is 31.4 Å². The third-order valence-corrected chi connectivity index (χ3v) is 3.64. The number of nitrogens with one attached hydrogen (secondary N) is 1. The van der Waals surface area contributed by atoms with E-state index >= 15 is 0 Å². The summed E-state index contributed by atoms with van der Waals surface area (Å²) in [5, 5.41) is 6.91. The average molecular weight is 301 g/mol. The van der Waals surface area contributed by atoms with Gasteiger partial charge in [0.05, 0.1) is 0 Å². The van der Waals surface area contributed by atoms with Gasteiger partial charge >= 0.3 is 0 Å². The monoisotopic (exact) mass is 301 g/mol. The third-order valence-electron chi connectivity index (χ3n) is 3.64. The maximum absolute atomic E-state index is 10.6. The van der Waals surface area contributed by atoms with Crippen molar-refractivity contribution in [3.63, 3.8) is 0 Å². The van der Waals surface area contributed by atoms with Crippen molar-refractivity contribution in [2.24, 2.45) is 11.7 Å². The molecule has 6 heteroatoms. The van der Waals surface area contributed by atoms with Gasteiger partial charge in [-0.05, 0) is 24.4 Å². The molecule has 0 amide bonds. The predicted molar refractivity (Wildman–Crippen MR) is 86.0 cm³/mol.